The first-order valence-electron chi connectivity index (χ1n) is 5.77. The molecule has 3 nitrogen and oxygen atoms in total. The molecule has 0 aromatic heterocycles. The zero-order valence-corrected chi connectivity index (χ0v) is 11.5. The number of benzene rings is 1. The number of nitrogens with one attached hydrogen (secondary N) is 1. The van der Waals surface area contributed by atoms with Crippen molar-refractivity contribution in [2.45, 2.75) is 12.2 Å². The Bertz CT molecular complexity index is 320. The average Bonchev–Trinajstić information content (AvgIpc) is 2.38. The van der Waals surface area contributed by atoms with Crippen LogP contribution < -0.4 is 14.8 Å². The molecule has 1 aromatic rings. The summed E-state index contributed by atoms with van der Waals surface area (Å²) in [6.45, 7) is 4.72. The monoisotopic (exact) mass is 255 g/mol. The van der Waals surface area contributed by atoms with E-state index in [1.165, 1.54) is 0 Å². The topological polar surface area (TPSA) is 30.5 Å². The molecule has 1 unspecified atom stereocenters. The van der Waals surface area contributed by atoms with Crippen LogP contribution >= 0.6 is 11.8 Å². The van der Waals surface area contributed by atoms with Gasteiger partial charge in [-0.05, 0) is 18.4 Å². The minimum absolute atomic E-state index is 0.640. The van der Waals surface area contributed by atoms with E-state index in [-0.39, 0.29) is 0 Å². The third-order valence-electron chi connectivity index (χ3n) is 2.44. The van der Waals surface area contributed by atoms with Gasteiger partial charge in [0.1, 0.15) is 6.61 Å². The molecule has 0 aliphatic carbocycles. The number of hydrogen-bond acceptors (Lipinski definition) is 4. The minimum Gasteiger partial charge on any atom is -0.493 e. The van der Waals surface area contributed by atoms with Gasteiger partial charge in [0.05, 0.1) is 7.11 Å². The van der Waals surface area contributed by atoms with E-state index in [1.807, 2.05) is 36.0 Å². The van der Waals surface area contributed by atoms with Gasteiger partial charge in [0.25, 0.3) is 0 Å². The molecule has 0 fully saturated rings. The fraction of sp³-hybridized carbons (Fsp3) is 0.538. The van der Waals surface area contributed by atoms with Crippen LogP contribution in [0.15, 0.2) is 24.3 Å². The van der Waals surface area contributed by atoms with Crippen molar-refractivity contribution in [1.82, 2.24) is 5.32 Å². The Labute approximate surface area is 108 Å². The predicted molar refractivity (Wildman–Crippen MR) is 74.3 cm³/mol. The van der Waals surface area contributed by atoms with E-state index < -0.39 is 0 Å². The van der Waals surface area contributed by atoms with Gasteiger partial charge in [-0.15, -0.1) is 0 Å². The van der Waals surface area contributed by atoms with E-state index in [1.54, 1.807) is 7.11 Å². The maximum atomic E-state index is 5.65. The van der Waals surface area contributed by atoms with Crippen LogP contribution in [-0.4, -0.2) is 38.3 Å². The summed E-state index contributed by atoms with van der Waals surface area (Å²) in [5.74, 6) is 1.58. The molecule has 0 radical (unpaired) electrons. The summed E-state index contributed by atoms with van der Waals surface area (Å²) < 4.78 is 10.9. The summed E-state index contributed by atoms with van der Waals surface area (Å²) in [7, 11) is 1.65. The van der Waals surface area contributed by atoms with Crippen molar-refractivity contribution in [1.29, 1.82) is 0 Å². The summed E-state index contributed by atoms with van der Waals surface area (Å²) in [6.07, 6.45) is 2.12. The lowest BCUT2D eigenvalue weighted by molar-refractivity contribution is 0.292. The lowest BCUT2D eigenvalue weighted by Gasteiger charge is -2.12. The molecule has 1 aromatic carbocycles. The Balaban J connectivity index is 2.22. The Morgan fingerprint density at radius 2 is 2.00 bits per heavy atom. The van der Waals surface area contributed by atoms with Gasteiger partial charge >= 0.3 is 0 Å². The minimum atomic E-state index is 0.640. The summed E-state index contributed by atoms with van der Waals surface area (Å²) in [4.78, 5) is 0. The third kappa shape index (κ3) is 5.33. The fourth-order valence-corrected chi connectivity index (χ4v) is 1.64. The van der Waals surface area contributed by atoms with Gasteiger partial charge in [-0.1, -0.05) is 19.1 Å². The van der Waals surface area contributed by atoms with Gasteiger partial charge < -0.3 is 14.8 Å². The van der Waals surface area contributed by atoms with Crippen molar-refractivity contribution in [3.63, 3.8) is 0 Å². The molecule has 1 N–H and O–H groups in total. The second-order valence-corrected chi connectivity index (χ2v) is 5.03. The van der Waals surface area contributed by atoms with E-state index in [4.69, 9.17) is 9.47 Å². The smallest absolute Gasteiger partial charge is 0.161 e. The Morgan fingerprint density at radius 1 is 1.29 bits per heavy atom. The summed E-state index contributed by atoms with van der Waals surface area (Å²) in [6, 6.07) is 7.70. The zero-order chi connectivity index (χ0) is 12.5. The van der Waals surface area contributed by atoms with Crippen LogP contribution in [0.2, 0.25) is 0 Å². The van der Waals surface area contributed by atoms with Gasteiger partial charge in [0.15, 0.2) is 11.5 Å². The maximum Gasteiger partial charge on any atom is 0.161 e. The highest BCUT2D eigenvalue weighted by Crippen LogP contribution is 2.25. The normalized spacial score (nSPS) is 12.2. The number of hydrogen-bond donors (Lipinski definition) is 1. The van der Waals surface area contributed by atoms with E-state index >= 15 is 0 Å². The van der Waals surface area contributed by atoms with Crippen molar-refractivity contribution in [2.75, 3.05) is 33.1 Å². The summed E-state index contributed by atoms with van der Waals surface area (Å²) in [5, 5.41) is 4.00. The largest absolute Gasteiger partial charge is 0.493 e. The summed E-state index contributed by atoms with van der Waals surface area (Å²) in [5.41, 5.74) is 0. The lowest BCUT2D eigenvalue weighted by Crippen LogP contribution is -2.27. The standard InChI is InChI=1S/C13H21NO2S/c1-11(17-3)10-14-8-9-16-13-7-5-4-6-12(13)15-2/h4-7,11,14H,8-10H2,1-3H3. The second-order valence-electron chi connectivity index (χ2n) is 3.75. The van der Waals surface area contributed by atoms with Crippen molar-refractivity contribution < 1.29 is 9.47 Å². The van der Waals surface area contributed by atoms with Crippen molar-refractivity contribution in [3.8, 4) is 11.5 Å². The third-order valence-corrected chi connectivity index (χ3v) is 3.41. The van der Waals surface area contributed by atoms with Crippen LogP contribution in [0, 0.1) is 0 Å². The molecule has 0 saturated carbocycles. The lowest BCUT2D eigenvalue weighted by atomic mass is 10.3. The van der Waals surface area contributed by atoms with Gasteiger partial charge in [0.2, 0.25) is 0 Å². The van der Waals surface area contributed by atoms with E-state index in [0.717, 1.165) is 24.6 Å². The first kappa shape index (κ1) is 14.2. The Morgan fingerprint density at radius 3 is 2.65 bits per heavy atom. The molecule has 0 bridgehead atoms. The summed E-state index contributed by atoms with van der Waals surface area (Å²) >= 11 is 1.86. The number of methoxy groups -OCH3 is 1. The molecule has 1 rings (SSSR count). The van der Waals surface area contributed by atoms with Crippen LogP contribution in [-0.2, 0) is 0 Å². The van der Waals surface area contributed by atoms with Crippen molar-refractivity contribution in [2.24, 2.45) is 0 Å². The number of thioether (sulfide) groups is 1. The van der Waals surface area contributed by atoms with Crippen LogP contribution in [0.1, 0.15) is 6.92 Å². The first-order chi connectivity index (χ1) is 8.27. The first-order valence-corrected chi connectivity index (χ1v) is 7.06. The Hall–Kier alpha value is -0.870. The second kappa shape index (κ2) is 8.25. The molecule has 0 aliphatic heterocycles. The number of para-hydroxylation sites is 2. The van der Waals surface area contributed by atoms with Crippen LogP contribution in [0.5, 0.6) is 11.5 Å². The molecule has 1 atom stereocenters. The highest BCUT2D eigenvalue weighted by molar-refractivity contribution is 7.99. The molecule has 0 heterocycles. The molecule has 96 valence electrons. The van der Waals surface area contributed by atoms with Gasteiger partial charge in [0, 0.05) is 18.3 Å². The molecular formula is C13H21NO2S. The van der Waals surface area contributed by atoms with Crippen LogP contribution in [0.3, 0.4) is 0 Å². The van der Waals surface area contributed by atoms with E-state index in [9.17, 15) is 0 Å². The molecule has 0 aliphatic rings. The van der Waals surface area contributed by atoms with Crippen LogP contribution in [0.25, 0.3) is 0 Å². The van der Waals surface area contributed by atoms with E-state index in [2.05, 4.69) is 18.5 Å². The molecule has 4 heteroatoms. The Kier molecular flexibility index (Phi) is 6.89. The SMILES string of the molecule is COc1ccccc1OCCNCC(C)SC. The van der Waals surface area contributed by atoms with Crippen LogP contribution in [0.4, 0.5) is 0 Å². The predicted octanol–water partition coefficient (Wildman–Crippen LogP) is 2.42. The van der Waals surface area contributed by atoms with Crippen molar-refractivity contribution >= 4 is 11.8 Å². The molecule has 0 saturated heterocycles. The maximum absolute atomic E-state index is 5.65. The molecular weight excluding hydrogens is 234 g/mol. The van der Waals surface area contributed by atoms with Gasteiger partial charge in [-0.3, -0.25) is 0 Å². The highest BCUT2D eigenvalue weighted by atomic mass is 32.2. The fourth-order valence-electron chi connectivity index (χ4n) is 1.36. The number of rotatable bonds is 8. The molecule has 0 amide bonds. The molecule has 17 heavy (non-hydrogen) atoms. The van der Waals surface area contributed by atoms with Crippen molar-refractivity contribution in [3.05, 3.63) is 24.3 Å². The number of ether oxygens (including phenoxy) is 2. The molecule has 0 spiro atoms. The van der Waals surface area contributed by atoms with Gasteiger partial charge in [-0.2, -0.15) is 11.8 Å². The highest BCUT2D eigenvalue weighted by Gasteiger charge is 2.02. The zero-order valence-electron chi connectivity index (χ0n) is 10.7. The van der Waals surface area contributed by atoms with E-state index in [0.29, 0.717) is 11.9 Å². The van der Waals surface area contributed by atoms with Gasteiger partial charge in [-0.25, -0.2) is 0 Å². The quantitative estimate of drug-likeness (QED) is 0.723. The average molecular weight is 255 g/mol.